The predicted molar refractivity (Wildman–Crippen MR) is 68.4 cm³/mol. The minimum Gasteiger partial charge on any atom is -0.326 e. The predicted octanol–water partition coefficient (Wildman–Crippen LogP) is 2.86. The zero-order valence-electron chi connectivity index (χ0n) is 9.81. The minimum atomic E-state index is -2.40. The molecule has 1 heterocycles. The fraction of sp³-hybridized carbons (Fsp3) is 0.250. The smallest absolute Gasteiger partial charge is 0.288 e. The van der Waals surface area contributed by atoms with Crippen LogP contribution in [0, 0.1) is 0 Å². The molecule has 3 nitrogen and oxygen atoms in total. The van der Waals surface area contributed by atoms with Gasteiger partial charge >= 0.3 is 0 Å². The van der Waals surface area contributed by atoms with Crippen molar-refractivity contribution >= 4 is 11.8 Å². The fourth-order valence-electron chi connectivity index (χ4n) is 1.72. The highest BCUT2D eigenvalue weighted by Gasteiger charge is 2.10. The summed E-state index contributed by atoms with van der Waals surface area (Å²) in [6.45, 7) is 0.400. The highest BCUT2D eigenvalue weighted by Crippen LogP contribution is 2.28. The summed E-state index contributed by atoms with van der Waals surface area (Å²) in [7, 11) is 1.82. The van der Waals surface area contributed by atoms with Gasteiger partial charge in [0, 0.05) is 35.8 Å². The molecule has 0 spiro atoms. The number of hydrogen-bond donors (Lipinski definition) is 1. The molecule has 0 fully saturated rings. The third kappa shape index (κ3) is 2.88. The molecule has 0 unspecified atom stereocenters. The molecule has 0 aliphatic rings. The number of thioether (sulfide) groups is 1. The number of aryl methyl sites for hydroxylation is 1. The Kier molecular flexibility index (Phi) is 3.98. The zero-order chi connectivity index (χ0) is 13.1. The van der Waals surface area contributed by atoms with Crippen LogP contribution in [0.4, 0.5) is 8.78 Å². The van der Waals surface area contributed by atoms with Crippen molar-refractivity contribution in [2.45, 2.75) is 17.2 Å². The molecule has 2 aromatic rings. The lowest BCUT2D eigenvalue weighted by Gasteiger charge is -2.03. The maximum atomic E-state index is 12.2. The van der Waals surface area contributed by atoms with Gasteiger partial charge in [0.15, 0.2) is 0 Å². The van der Waals surface area contributed by atoms with Gasteiger partial charge < -0.3 is 5.73 Å². The third-order valence-corrected chi connectivity index (χ3v) is 3.20. The molecule has 2 N–H and O–H groups in total. The topological polar surface area (TPSA) is 43.8 Å². The number of nitrogens with two attached hydrogens (primary N) is 1. The SMILES string of the molecule is Cn1cc(CN)c(-c2ccc(SC(F)F)cc2)n1. The fourth-order valence-corrected chi connectivity index (χ4v) is 2.22. The van der Waals surface area contributed by atoms with Gasteiger partial charge in [0.05, 0.1) is 5.69 Å². The van der Waals surface area contributed by atoms with Crippen LogP contribution in [0.2, 0.25) is 0 Å². The van der Waals surface area contributed by atoms with Gasteiger partial charge in [-0.05, 0) is 12.1 Å². The Hall–Kier alpha value is -1.40. The Balaban J connectivity index is 2.28. The lowest BCUT2D eigenvalue weighted by Crippen LogP contribution is -1.96. The van der Waals surface area contributed by atoms with Crippen LogP contribution >= 0.6 is 11.8 Å². The summed E-state index contributed by atoms with van der Waals surface area (Å²) in [5.74, 6) is -2.40. The molecule has 1 aromatic carbocycles. The molecule has 0 aliphatic heterocycles. The normalized spacial score (nSPS) is 11.2. The van der Waals surface area contributed by atoms with E-state index in [1.165, 1.54) is 0 Å². The highest BCUT2D eigenvalue weighted by molar-refractivity contribution is 7.99. The zero-order valence-corrected chi connectivity index (χ0v) is 10.6. The summed E-state index contributed by atoms with van der Waals surface area (Å²) in [5, 5.41) is 4.32. The largest absolute Gasteiger partial charge is 0.326 e. The summed E-state index contributed by atoms with van der Waals surface area (Å²) in [5.41, 5.74) is 8.26. The van der Waals surface area contributed by atoms with Gasteiger partial charge in [0.25, 0.3) is 5.76 Å². The summed E-state index contributed by atoms with van der Waals surface area (Å²) < 4.78 is 26.1. The van der Waals surface area contributed by atoms with Crippen LogP contribution in [-0.4, -0.2) is 15.5 Å². The number of hydrogen-bond acceptors (Lipinski definition) is 3. The van der Waals surface area contributed by atoms with Crippen molar-refractivity contribution in [3.63, 3.8) is 0 Å². The second-order valence-corrected chi connectivity index (χ2v) is 4.85. The van der Waals surface area contributed by atoms with Crippen LogP contribution < -0.4 is 5.73 Å². The number of benzene rings is 1. The Bertz CT molecular complexity index is 523. The molecular formula is C12H13F2N3S. The highest BCUT2D eigenvalue weighted by atomic mass is 32.2. The van der Waals surface area contributed by atoms with Crippen LogP contribution in [-0.2, 0) is 13.6 Å². The van der Waals surface area contributed by atoms with E-state index in [9.17, 15) is 8.78 Å². The molecule has 0 amide bonds. The van der Waals surface area contributed by atoms with E-state index in [0.29, 0.717) is 23.2 Å². The van der Waals surface area contributed by atoms with E-state index in [1.807, 2.05) is 13.2 Å². The van der Waals surface area contributed by atoms with Gasteiger partial charge in [0.2, 0.25) is 0 Å². The van der Waals surface area contributed by atoms with Crippen molar-refractivity contribution in [2.75, 3.05) is 0 Å². The number of alkyl halides is 2. The van der Waals surface area contributed by atoms with Crippen molar-refractivity contribution in [1.82, 2.24) is 9.78 Å². The first-order chi connectivity index (χ1) is 8.60. The van der Waals surface area contributed by atoms with Gasteiger partial charge in [-0.2, -0.15) is 13.9 Å². The quantitative estimate of drug-likeness (QED) is 0.868. The second kappa shape index (κ2) is 5.49. The Morgan fingerprint density at radius 3 is 2.56 bits per heavy atom. The summed E-state index contributed by atoms with van der Waals surface area (Å²) in [6.07, 6.45) is 1.86. The Morgan fingerprint density at radius 2 is 2.00 bits per heavy atom. The Morgan fingerprint density at radius 1 is 1.33 bits per heavy atom. The van der Waals surface area contributed by atoms with Crippen LogP contribution in [0.15, 0.2) is 35.4 Å². The van der Waals surface area contributed by atoms with Gasteiger partial charge in [-0.1, -0.05) is 23.9 Å². The number of nitrogens with zero attached hydrogens (tertiary/aromatic N) is 2. The van der Waals surface area contributed by atoms with Gasteiger partial charge in [-0.25, -0.2) is 0 Å². The average molecular weight is 269 g/mol. The number of rotatable bonds is 4. The average Bonchev–Trinajstić information content (AvgIpc) is 2.71. The van der Waals surface area contributed by atoms with Crippen LogP contribution in [0.25, 0.3) is 11.3 Å². The van der Waals surface area contributed by atoms with E-state index in [4.69, 9.17) is 5.73 Å². The number of halogens is 2. The molecule has 1 aromatic heterocycles. The van der Waals surface area contributed by atoms with E-state index >= 15 is 0 Å². The van der Waals surface area contributed by atoms with E-state index in [-0.39, 0.29) is 0 Å². The standard InChI is InChI=1S/C12H13F2N3S/c1-17-7-9(6-15)11(16-17)8-2-4-10(5-3-8)18-12(13)14/h2-5,7,12H,6,15H2,1H3. The van der Waals surface area contributed by atoms with E-state index in [2.05, 4.69) is 5.10 Å². The molecule has 0 atom stereocenters. The molecule has 18 heavy (non-hydrogen) atoms. The molecule has 0 radical (unpaired) electrons. The second-order valence-electron chi connectivity index (χ2n) is 3.78. The van der Waals surface area contributed by atoms with E-state index in [0.717, 1.165) is 16.8 Å². The lowest BCUT2D eigenvalue weighted by atomic mass is 10.1. The Labute approximate surface area is 108 Å². The van der Waals surface area contributed by atoms with E-state index in [1.54, 1.807) is 28.9 Å². The molecule has 0 saturated heterocycles. The van der Waals surface area contributed by atoms with Crippen molar-refractivity contribution in [3.05, 3.63) is 36.0 Å². The van der Waals surface area contributed by atoms with Gasteiger partial charge in [0.1, 0.15) is 0 Å². The van der Waals surface area contributed by atoms with Crippen LogP contribution in [0.5, 0.6) is 0 Å². The van der Waals surface area contributed by atoms with Gasteiger partial charge in [-0.15, -0.1) is 0 Å². The molecule has 2 rings (SSSR count). The lowest BCUT2D eigenvalue weighted by molar-refractivity contribution is 0.252. The van der Waals surface area contributed by atoms with Crippen molar-refractivity contribution in [1.29, 1.82) is 0 Å². The van der Waals surface area contributed by atoms with Crippen LogP contribution in [0.3, 0.4) is 0 Å². The van der Waals surface area contributed by atoms with Crippen molar-refractivity contribution < 1.29 is 8.78 Å². The molecule has 0 saturated carbocycles. The summed E-state index contributed by atoms with van der Waals surface area (Å²) >= 11 is 0.534. The maximum absolute atomic E-state index is 12.2. The van der Waals surface area contributed by atoms with Crippen LogP contribution in [0.1, 0.15) is 5.56 Å². The van der Waals surface area contributed by atoms with Crippen molar-refractivity contribution in [3.8, 4) is 11.3 Å². The number of aromatic nitrogens is 2. The van der Waals surface area contributed by atoms with E-state index < -0.39 is 5.76 Å². The first-order valence-corrected chi connectivity index (χ1v) is 6.26. The molecule has 0 bridgehead atoms. The first kappa shape index (κ1) is 13.0. The molecule has 0 aliphatic carbocycles. The minimum absolute atomic E-state index is 0.400. The summed E-state index contributed by atoms with van der Waals surface area (Å²) in [6, 6.07) is 6.90. The third-order valence-electron chi connectivity index (χ3n) is 2.48. The molecule has 6 heteroatoms. The summed E-state index contributed by atoms with van der Waals surface area (Å²) in [4.78, 5) is 0.541. The molecular weight excluding hydrogens is 256 g/mol. The monoisotopic (exact) mass is 269 g/mol. The first-order valence-electron chi connectivity index (χ1n) is 5.38. The maximum Gasteiger partial charge on any atom is 0.288 e. The van der Waals surface area contributed by atoms with Crippen molar-refractivity contribution in [2.24, 2.45) is 12.8 Å². The van der Waals surface area contributed by atoms with Gasteiger partial charge in [-0.3, -0.25) is 4.68 Å². The molecule has 96 valence electrons.